The summed E-state index contributed by atoms with van der Waals surface area (Å²) in [6.45, 7) is 7.42. The number of carbonyl (C=O) groups is 1. The predicted octanol–water partition coefficient (Wildman–Crippen LogP) is 7.73. The average molecular weight is 930 g/mol. The molecule has 16 nitrogen and oxygen atoms in total. The number of anilines is 4. The van der Waals surface area contributed by atoms with Crippen molar-refractivity contribution in [3.05, 3.63) is 113 Å². The largest absolute Gasteiger partial charge is 0.468 e. The van der Waals surface area contributed by atoms with Crippen LogP contribution >= 0.6 is 0 Å². The van der Waals surface area contributed by atoms with Crippen LogP contribution in [0.2, 0.25) is 0 Å². The third kappa shape index (κ3) is 8.16. The van der Waals surface area contributed by atoms with Crippen molar-refractivity contribution in [2.24, 2.45) is 11.3 Å². The molecule has 351 valence electrons. The molecule has 67 heavy (non-hydrogen) atoms. The van der Waals surface area contributed by atoms with Crippen LogP contribution in [0.5, 0.6) is 5.88 Å². The van der Waals surface area contributed by atoms with Crippen LogP contribution in [0.25, 0.3) is 11.0 Å². The Kier molecular flexibility index (Phi) is 11.4. The summed E-state index contributed by atoms with van der Waals surface area (Å²) in [7, 11) is -0.522. The molecule has 3 aromatic carbocycles. The quantitative estimate of drug-likeness (QED) is 0.0974. The van der Waals surface area contributed by atoms with Crippen LogP contribution in [-0.4, -0.2) is 104 Å². The molecule has 7 heterocycles. The van der Waals surface area contributed by atoms with Crippen LogP contribution in [0, 0.1) is 35.4 Å². The van der Waals surface area contributed by atoms with Crippen LogP contribution < -0.4 is 24.6 Å². The number of hydrogen-bond donors (Lipinski definition) is 2. The highest BCUT2D eigenvalue weighted by Gasteiger charge is 2.50. The van der Waals surface area contributed by atoms with Crippen molar-refractivity contribution in [2.45, 2.75) is 87.4 Å². The molecule has 2 N–H and O–H groups in total. The first-order valence-electron chi connectivity index (χ1n) is 23.7. The summed E-state index contributed by atoms with van der Waals surface area (Å²) in [5.41, 5.74) is 5.68. The number of piperidine rings is 1. The van der Waals surface area contributed by atoms with Gasteiger partial charge in [0.2, 0.25) is 5.88 Å². The Bertz CT molecular complexity index is 2830. The van der Waals surface area contributed by atoms with Gasteiger partial charge in [-0.2, -0.15) is 4.98 Å². The van der Waals surface area contributed by atoms with Crippen molar-refractivity contribution in [1.29, 1.82) is 0 Å². The first kappa shape index (κ1) is 43.8. The second kappa shape index (κ2) is 17.4. The molecule has 1 spiro atoms. The maximum Gasteiger partial charge on any atom is 0.293 e. The van der Waals surface area contributed by atoms with Crippen molar-refractivity contribution in [3.8, 4) is 5.88 Å². The lowest BCUT2D eigenvalue weighted by Gasteiger charge is -2.56. The fraction of sp³-hybridized carbons (Fsp3) is 0.460. The van der Waals surface area contributed by atoms with Gasteiger partial charge in [-0.25, -0.2) is 13.1 Å². The van der Waals surface area contributed by atoms with Gasteiger partial charge in [-0.3, -0.25) is 19.8 Å². The fourth-order valence-corrected chi connectivity index (χ4v) is 12.7. The second-order valence-electron chi connectivity index (χ2n) is 19.5. The van der Waals surface area contributed by atoms with E-state index in [1.807, 2.05) is 35.4 Å². The Morgan fingerprint density at radius 2 is 1.76 bits per heavy atom. The number of aryl methyl sites for hydroxylation is 1. The number of nitro groups is 1. The third-order valence-corrected chi connectivity index (χ3v) is 16.8. The number of pyridine rings is 1. The van der Waals surface area contributed by atoms with Gasteiger partial charge in [0, 0.05) is 75.3 Å². The smallest absolute Gasteiger partial charge is 0.293 e. The van der Waals surface area contributed by atoms with E-state index >= 15 is 0 Å². The number of fused-ring (bicyclic) bond motifs is 3. The van der Waals surface area contributed by atoms with Gasteiger partial charge < -0.3 is 33.9 Å². The molecular weight excluding hydrogens is 873 g/mol. The van der Waals surface area contributed by atoms with Gasteiger partial charge >= 0.3 is 0 Å². The zero-order valence-electron chi connectivity index (χ0n) is 37.8. The summed E-state index contributed by atoms with van der Waals surface area (Å²) in [6, 6.07) is 22.6. The monoisotopic (exact) mass is 929 g/mol. The molecule has 0 unspecified atom stereocenters. The highest BCUT2D eigenvalue weighted by Crippen LogP contribution is 2.54. The normalized spacial score (nSPS) is 23.2. The molecule has 3 atom stereocenters. The molecule has 11 rings (SSSR count). The van der Waals surface area contributed by atoms with Crippen LogP contribution in [-0.2, 0) is 19.5 Å². The molecule has 5 aliphatic heterocycles. The SMILES string of the molecule is [CH2]n1ccc2cc3c(nc21)O[C@@H]1COC[C@H]1N3c1cc(N2CCC3(CC2)CC(N2CCC[C@H]2c2ccccc2C)C3)ccc1C(=O)NS(=O)(=O)c1ccc(NCC2CCOCC2)c([N+](=O)[O-])c1. The summed E-state index contributed by atoms with van der Waals surface area (Å²) in [5.74, 6) is -0.254. The zero-order chi connectivity index (χ0) is 46.0. The summed E-state index contributed by atoms with van der Waals surface area (Å²) in [5, 5.41) is 16.2. The minimum atomic E-state index is -4.59. The van der Waals surface area contributed by atoms with Gasteiger partial charge in [-0.1, -0.05) is 24.3 Å². The van der Waals surface area contributed by atoms with E-state index in [9.17, 15) is 23.3 Å². The van der Waals surface area contributed by atoms with Crippen molar-refractivity contribution in [2.75, 3.05) is 67.7 Å². The van der Waals surface area contributed by atoms with E-state index in [0.29, 0.717) is 73.4 Å². The number of carbonyl (C=O) groups excluding carboxylic acids is 1. The van der Waals surface area contributed by atoms with Crippen LogP contribution in [0.1, 0.15) is 78.9 Å². The van der Waals surface area contributed by atoms with Gasteiger partial charge in [0.05, 0.1) is 40.3 Å². The molecule has 1 aliphatic carbocycles. The number of ether oxygens (including phenoxy) is 3. The highest BCUT2D eigenvalue weighted by molar-refractivity contribution is 7.90. The maximum atomic E-state index is 14.6. The molecule has 1 amide bonds. The lowest BCUT2D eigenvalue weighted by atomic mass is 9.59. The first-order valence-corrected chi connectivity index (χ1v) is 25.2. The Morgan fingerprint density at radius 3 is 2.55 bits per heavy atom. The molecule has 6 aliphatic rings. The van der Waals surface area contributed by atoms with Crippen molar-refractivity contribution >= 4 is 55.4 Å². The molecule has 1 radical (unpaired) electrons. The van der Waals surface area contributed by atoms with E-state index in [4.69, 9.17) is 19.2 Å². The van der Waals surface area contributed by atoms with Gasteiger partial charge in [-0.05, 0) is 130 Å². The van der Waals surface area contributed by atoms with E-state index in [0.717, 1.165) is 62.5 Å². The summed E-state index contributed by atoms with van der Waals surface area (Å²) < 4.78 is 50.0. The molecule has 17 heteroatoms. The van der Waals surface area contributed by atoms with E-state index in [-0.39, 0.29) is 23.2 Å². The zero-order valence-corrected chi connectivity index (χ0v) is 38.6. The topological polar surface area (TPSA) is 174 Å². The first-order chi connectivity index (χ1) is 32.4. The lowest BCUT2D eigenvalue weighted by molar-refractivity contribution is -0.384. The van der Waals surface area contributed by atoms with E-state index in [1.165, 1.54) is 48.9 Å². The van der Waals surface area contributed by atoms with Gasteiger partial charge in [0.25, 0.3) is 21.6 Å². The molecule has 0 bridgehead atoms. The second-order valence-corrected chi connectivity index (χ2v) is 21.1. The summed E-state index contributed by atoms with van der Waals surface area (Å²) in [6.07, 6.45) is 10.0. The average Bonchev–Trinajstić information content (AvgIpc) is 4.09. The van der Waals surface area contributed by atoms with Crippen LogP contribution in [0.4, 0.5) is 28.4 Å². The Labute approximate surface area is 390 Å². The van der Waals surface area contributed by atoms with Crippen molar-refractivity contribution in [3.63, 3.8) is 0 Å². The fourth-order valence-electron chi connectivity index (χ4n) is 11.7. The number of likely N-dealkylation sites (tertiary alicyclic amines) is 1. The van der Waals surface area contributed by atoms with Gasteiger partial charge in [-0.15, -0.1) is 0 Å². The molecule has 5 aromatic rings. The number of nitrogens with one attached hydrogen (secondary N) is 2. The Balaban J connectivity index is 0.879. The molecule has 4 saturated heterocycles. The maximum absolute atomic E-state index is 14.6. The van der Waals surface area contributed by atoms with E-state index < -0.39 is 37.5 Å². The molecule has 1 saturated carbocycles. The van der Waals surface area contributed by atoms with Crippen LogP contribution in [0.3, 0.4) is 0 Å². The number of hydrogen-bond acceptors (Lipinski definition) is 13. The lowest BCUT2D eigenvalue weighted by Crippen LogP contribution is -2.55. The summed E-state index contributed by atoms with van der Waals surface area (Å²) >= 11 is 0. The number of sulfonamides is 1. The van der Waals surface area contributed by atoms with Crippen LogP contribution in [0.15, 0.2) is 83.9 Å². The minimum Gasteiger partial charge on any atom is -0.468 e. The Morgan fingerprint density at radius 1 is 0.955 bits per heavy atom. The predicted molar refractivity (Wildman–Crippen MR) is 255 cm³/mol. The van der Waals surface area contributed by atoms with E-state index in [2.05, 4.69) is 58.1 Å². The third-order valence-electron chi connectivity index (χ3n) is 15.5. The number of rotatable bonds is 11. The Hall–Kier alpha value is -5.75. The van der Waals surface area contributed by atoms with Crippen molar-refractivity contribution in [1.82, 2.24) is 19.2 Å². The molecule has 5 fully saturated rings. The number of nitro benzene ring substituents is 1. The minimum absolute atomic E-state index is 0.106. The number of amides is 1. The van der Waals surface area contributed by atoms with Crippen molar-refractivity contribution < 1.29 is 32.3 Å². The summed E-state index contributed by atoms with van der Waals surface area (Å²) in [4.78, 5) is 37.9. The number of aromatic nitrogens is 2. The highest BCUT2D eigenvalue weighted by atomic mass is 32.2. The van der Waals surface area contributed by atoms with Gasteiger partial charge in [0.15, 0.2) is 0 Å². The molecular formula is C50H57N8O8S. The number of benzene rings is 3. The van der Waals surface area contributed by atoms with Gasteiger partial charge in [0.1, 0.15) is 23.1 Å². The standard InChI is InChI=1S/C50H57N8O8S/c1-32-6-3-4-7-38(32)41-8-5-18-56(41)36-27-50(28-36)16-20-55(21-17-50)35-9-11-39(42(25-35)57-44-24-34-13-19-54(2)47(34)52-49(44)66-46-31-65-30-45(46)57)48(59)53-67(62,63)37-10-12-40(43(26-37)58(60)61)51-29-33-14-22-64-23-15-33/h3-4,6-7,9-13,19,24-26,33,36,41,45-46,51H,2,5,8,14-18,20-23,27-31H2,1H3,(H,53,59)/t41-,45+,46+/m0/s1. The number of nitrogens with zero attached hydrogens (tertiary/aromatic N) is 6. The van der Waals surface area contributed by atoms with E-state index in [1.54, 1.807) is 10.6 Å². The molecule has 2 aromatic heterocycles.